The van der Waals surface area contributed by atoms with Crippen LogP contribution in [0, 0.1) is 5.41 Å². The van der Waals surface area contributed by atoms with E-state index in [1.54, 1.807) is 6.07 Å². The van der Waals surface area contributed by atoms with E-state index in [-0.39, 0.29) is 0 Å². The van der Waals surface area contributed by atoms with Crippen molar-refractivity contribution in [2.75, 3.05) is 18.0 Å². The quantitative estimate of drug-likeness (QED) is 0.746. The highest BCUT2D eigenvalue weighted by atomic mass is 35.5. The van der Waals surface area contributed by atoms with Gasteiger partial charge in [0.05, 0.1) is 10.7 Å². The molecule has 0 radical (unpaired) electrons. The van der Waals surface area contributed by atoms with E-state index in [2.05, 4.69) is 18.7 Å². The Kier molecular flexibility index (Phi) is 3.43. The second-order valence-corrected chi connectivity index (χ2v) is 5.89. The maximum absolute atomic E-state index is 10.7. The summed E-state index contributed by atoms with van der Waals surface area (Å²) in [4.78, 5) is 13.0. The van der Waals surface area contributed by atoms with Crippen LogP contribution < -0.4 is 4.90 Å². The first-order valence-corrected chi connectivity index (χ1v) is 6.39. The molecule has 2 rings (SSSR count). The van der Waals surface area contributed by atoms with E-state index < -0.39 is 0 Å². The molecule has 17 heavy (non-hydrogen) atoms. The Balaban J connectivity index is 2.16. The lowest BCUT2D eigenvalue weighted by atomic mass is 9.82. The van der Waals surface area contributed by atoms with Crippen LogP contribution in [-0.4, -0.2) is 19.4 Å². The van der Waals surface area contributed by atoms with Gasteiger partial charge in [0.15, 0.2) is 0 Å². The summed E-state index contributed by atoms with van der Waals surface area (Å²) in [6, 6.07) is 5.52. The second kappa shape index (κ2) is 4.69. The third-order valence-electron chi connectivity index (χ3n) is 3.57. The topological polar surface area (TPSA) is 20.3 Å². The summed E-state index contributed by atoms with van der Waals surface area (Å²) in [6.45, 7) is 6.68. The lowest BCUT2D eigenvalue weighted by molar-refractivity contribution is 0.112. The molecule has 0 unspecified atom stereocenters. The molecule has 1 aliphatic heterocycles. The van der Waals surface area contributed by atoms with Gasteiger partial charge in [0.2, 0.25) is 0 Å². The molecule has 92 valence electrons. The lowest BCUT2D eigenvalue weighted by Crippen LogP contribution is -2.37. The van der Waals surface area contributed by atoms with Crippen LogP contribution in [0.1, 0.15) is 37.0 Å². The molecule has 1 saturated heterocycles. The fourth-order valence-electron chi connectivity index (χ4n) is 2.21. The third-order valence-corrected chi connectivity index (χ3v) is 3.87. The second-order valence-electron chi connectivity index (χ2n) is 5.48. The molecule has 3 heteroatoms. The highest BCUT2D eigenvalue weighted by Gasteiger charge is 2.26. The molecule has 1 heterocycles. The molecule has 1 fully saturated rings. The smallest absolute Gasteiger partial charge is 0.150 e. The van der Waals surface area contributed by atoms with Crippen molar-refractivity contribution in [3.63, 3.8) is 0 Å². The Labute approximate surface area is 108 Å². The van der Waals surface area contributed by atoms with Crippen molar-refractivity contribution in [1.82, 2.24) is 0 Å². The van der Waals surface area contributed by atoms with E-state index in [1.807, 2.05) is 12.1 Å². The first-order valence-electron chi connectivity index (χ1n) is 6.01. The van der Waals surface area contributed by atoms with Gasteiger partial charge < -0.3 is 4.90 Å². The molecule has 0 bridgehead atoms. The van der Waals surface area contributed by atoms with Gasteiger partial charge in [-0.25, -0.2) is 0 Å². The maximum atomic E-state index is 10.7. The highest BCUT2D eigenvalue weighted by molar-refractivity contribution is 6.33. The average Bonchev–Trinajstić information content (AvgIpc) is 2.29. The molecule has 1 aromatic rings. The van der Waals surface area contributed by atoms with Crippen molar-refractivity contribution in [3.8, 4) is 0 Å². The van der Waals surface area contributed by atoms with E-state index >= 15 is 0 Å². The van der Waals surface area contributed by atoms with Crippen molar-refractivity contribution in [1.29, 1.82) is 0 Å². The lowest BCUT2D eigenvalue weighted by Gasteiger charge is -2.38. The van der Waals surface area contributed by atoms with Crippen LogP contribution in [0.15, 0.2) is 18.2 Å². The molecule has 0 spiro atoms. The van der Waals surface area contributed by atoms with Crippen LogP contribution >= 0.6 is 11.6 Å². The van der Waals surface area contributed by atoms with Crippen LogP contribution in [0.4, 0.5) is 5.69 Å². The number of hydrogen-bond acceptors (Lipinski definition) is 2. The van der Waals surface area contributed by atoms with E-state index in [1.165, 1.54) is 12.8 Å². The molecule has 0 atom stereocenters. The molecule has 0 aliphatic carbocycles. The summed E-state index contributed by atoms with van der Waals surface area (Å²) >= 11 is 6.21. The van der Waals surface area contributed by atoms with Crippen LogP contribution in [0.5, 0.6) is 0 Å². The van der Waals surface area contributed by atoms with E-state index in [0.717, 1.165) is 25.1 Å². The molecule has 1 aliphatic rings. The van der Waals surface area contributed by atoms with Gasteiger partial charge in [-0.15, -0.1) is 0 Å². The Bertz CT molecular complexity index is 418. The zero-order chi connectivity index (χ0) is 12.5. The Morgan fingerprint density at radius 2 is 1.94 bits per heavy atom. The van der Waals surface area contributed by atoms with Gasteiger partial charge >= 0.3 is 0 Å². The van der Waals surface area contributed by atoms with E-state index in [0.29, 0.717) is 16.0 Å². The number of hydrogen-bond donors (Lipinski definition) is 0. The molecule has 2 nitrogen and oxygen atoms in total. The van der Waals surface area contributed by atoms with Crippen LogP contribution in [0.25, 0.3) is 0 Å². The van der Waals surface area contributed by atoms with Gasteiger partial charge in [-0.2, -0.15) is 0 Å². The summed E-state index contributed by atoms with van der Waals surface area (Å²) < 4.78 is 0. The van der Waals surface area contributed by atoms with Gasteiger partial charge in [-0.05, 0) is 36.5 Å². The van der Waals surface area contributed by atoms with Crippen LogP contribution in [0.2, 0.25) is 5.02 Å². The number of carbonyl (C=O) groups is 1. The fourth-order valence-corrected chi connectivity index (χ4v) is 2.51. The number of rotatable bonds is 2. The highest BCUT2D eigenvalue weighted by Crippen LogP contribution is 2.35. The number of halogens is 1. The molecule has 0 saturated carbocycles. The fraction of sp³-hybridized carbons (Fsp3) is 0.500. The third kappa shape index (κ3) is 2.81. The number of carbonyl (C=O) groups excluding carboxylic acids is 1. The summed E-state index contributed by atoms with van der Waals surface area (Å²) in [5.74, 6) is 0. The monoisotopic (exact) mass is 251 g/mol. The predicted molar refractivity (Wildman–Crippen MR) is 72.1 cm³/mol. The number of anilines is 1. The van der Waals surface area contributed by atoms with Gasteiger partial charge in [0.1, 0.15) is 6.29 Å². The zero-order valence-corrected chi connectivity index (χ0v) is 11.1. The van der Waals surface area contributed by atoms with Gasteiger partial charge in [0.25, 0.3) is 0 Å². The number of piperidine rings is 1. The SMILES string of the molecule is CC1(C)CCN(c2ccc(C=O)cc2Cl)CC1. The first kappa shape index (κ1) is 12.4. The minimum atomic E-state index is 0.436. The van der Waals surface area contributed by atoms with E-state index in [4.69, 9.17) is 11.6 Å². The number of benzene rings is 1. The molecule has 0 amide bonds. The largest absolute Gasteiger partial charge is 0.370 e. The molecule has 0 N–H and O–H groups in total. The molecular formula is C14H18ClNO. The summed E-state index contributed by atoms with van der Waals surface area (Å²) in [5, 5.41) is 0.675. The van der Waals surface area contributed by atoms with Crippen LogP contribution in [-0.2, 0) is 0 Å². The van der Waals surface area contributed by atoms with Crippen molar-refractivity contribution in [2.45, 2.75) is 26.7 Å². The molecule has 0 aromatic heterocycles. The Morgan fingerprint density at radius 3 is 2.47 bits per heavy atom. The number of aldehydes is 1. The maximum Gasteiger partial charge on any atom is 0.150 e. The average molecular weight is 252 g/mol. The number of nitrogens with zero attached hydrogens (tertiary/aromatic N) is 1. The predicted octanol–water partition coefficient (Wildman–Crippen LogP) is 3.78. The van der Waals surface area contributed by atoms with Crippen molar-refractivity contribution in [3.05, 3.63) is 28.8 Å². The van der Waals surface area contributed by atoms with Crippen molar-refractivity contribution < 1.29 is 4.79 Å². The summed E-state index contributed by atoms with van der Waals surface area (Å²) in [7, 11) is 0. The van der Waals surface area contributed by atoms with Gasteiger partial charge in [-0.1, -0.05) is 25.4 Å². The molecule has 1 aromatic carbocycles. The summed E-state index contributed by atoms with van der Waals surface area (Å²) in [6.07, 6.45) is 3.19. The minimum absolute atomic E-state index is 0.436. The van der Waals surface area contributed by atoms with Gasteiger partial charge in [0, 0.05) is 18.7 Å². The van der Waals surface area contributed by atoms with Crippen LogP contribution in [0.3, 0.4) is 0 Å². The summed E-state index contributed by atoms with van der Waals surface area (Å²) in [5.41, 5.74) is 2.12. The molecular weight excluding hydrogens is 234 g/mol. The first-order chi connectivity index (χ1) is 8.02. The zero-order valence-electron chi connectivity index (χ0n) is 10.4. The standard InChI is InChI=1S/C14H18ClNO/c1-14(2)5-7-16(8-6-14)13-4-3-11(10-17)9-12(13)15/h3-4,9-10H,5-8H2,1-2H3. The van der Waals surface area contributed by atoms with Crippen molar-refractivity contribution in [2.24, 2.45) is 5.41 Å². The Morgan fingerprint density at radius 1 is 1.29 bits per heavy atom. The van der Waals surface area contributed by atoms with Gasteiger partial charge in [-0.3, -0.25) is 4.79 Å². The minimum Gasteiger partial charge on any atom is -0.370 e. The van der Waals surface area contributed by atoms with Crippen molar-refractivity contribution >= 4 is 23.6 Å². The van der Waals surface area contributed by atoms with E-state index in [9.17, 15) is 4.79 Å². The normalized spacial score (nSPS) is 19.1. The Hall–Kier alpha value is -1.02.